The highest BCUT2D eigenvalue weighted by Gasteiger charge is 1.83. The van der Waals surface area contributed by atoms with Crippen LogP contribution in [0.5, 0.6) is 0 Å². The molecule has 0 heterocycles. The van der Waals surface area contributed by atoms with Crippen LogP contribution in [0.1, 0.15) is 0 Å². The Kier molecular flexibility index (Phi) is 3.22. The van der Waals surface area contributed by atoms with Crippen LogP contribution in [-0.2, 0) is 9.53 Å². The molecule has 0 spiro atoms. The van der Waals surface area contributed by atoms with E-state index in [1.165, 1.54) is 0 Å². The summed E-state index contributed by atoms with van der Waals surface area (Å²) in [5.41, 5.74) is 0. The van der Waals surface area contributed by atoms with Gasteiger partial charge in [-0.2, -0.15) is 0 Å². The molecule has 0 rings (SSSR count). The molecule has 0 aliphatic heterocycles. The fraction of sp³-hybridized carbons (Fsp3) is 0.333. The summed E-state index contributed by atoms with van der Waals surface area (Å²) in [5, 5.41) is 2.54. The van der Waals surface area contributed by atoms with Gasteiger partial charge in [-0.05, 0) is 12.2 Å². The van der Waals surface area contributed by atoms with E-state index in [2.05, 4.69) is 22.3 Å². The third kappa shape index (κ3) is 3.18. The molecule has 0 saturated heterocycles. The Balaban J connectivity index is 3.17. The van der Waals surface area contributed by atoms with Gasteiger partial charge in [-0.3, -0.25) is 4.79 Å². The Bertz CT molecular complexity index is 83.0. The van der Waals surface area contributed by atoms with Crippen molar-refractivity contribution in [2.75, 3.05) is 7.05 Å². The van der Waals surface area contributed by atoms with Gasteiger partial charge in [-0.1, -0.05) is 0 Å². The lowest BCUT2D eigenvalue weighted by Gasteiger charge is -1.93. The molecule has 0 saturated carbocycles. The minimum atomic E-state index is 0.0926. The van der Waals surface area contributed by atoms with Gasteiger partial charge in [0.2, 0.25) is 0 Å². The van der Waals surface area contributed by atoms with E-state index in [0.29, 0.717) is 0 Å². The van der Waals surface area contributed by atoms with Crippen molar-refractivity contribution in [2.45, 2.75) is 0 Å². The molecule has 0 amide bonds. The lowest BCUT2D eigenvalue weighted by molar-refractivity contribution is -0.121. The minimum absolute atomic E-state index is 0.0926. The minimum Gasteiger partial charge on any atom is -0.401 e. The quantitative estimate of drug-likeness (QED) is 0.378. The van der Waals surface area contributed by atoms with Crippen molar-refractivity contribution in [1.82, 2.24) is 5.32 Å². The molecule has 0 bridgehead atoms. The molecule has 0 atom stereocenters. The molecule has 0 aromatic carbocycles. The third-order valence-electron chi connectivity index (χ3n) is 0.359. The second-order valence-corrected chi connectivity index (χ2v) is 1.12. The first-order valence-corrected chi connectivity index (χ1v) is 2.04. The highest BCUT2D eigenvalue weighted by molar-refractivity contribution is 7.80. The lowest BCUT2D eigenvalue weighted by Crippen LogP contribution is -2.17. The maximum atomic E-state index is 9.42. The molecule has 0 aromatic rings. The van der Waals surface area contributed by atoms with Crippen molar-refractivity contribution >= 4 is 23.9 Å². The van der Waals surface area contributed by atoms with Crippen molar-refractivity contribution in [3.63, 3.8) is 0 Å². The SMILES string of the molecule is CNC(=S)OC=O. The molecule has 0 aromatic heterocycles. The van der Waals surface area contributed by atoms with Crippen LogP contribution < -0.4 is 5.32 Å². The van der Waals surface area contributed by atoms with E-state index in [1.807, 2.05) is 0 Å². The number of hydrogen-bond donors (Lipinski definition) is 1. The number of thiocarbonyl (C=S) groups is 1. The van der Waals surface area contributed by atoms with Crippen molar-refractivity contribution in [2.24, 2.45) is 0 Å². The summed E-state index contributed by atoms with van der Waals surface area (Å²) in [4.78, 5) is 9.42. The van der Waals surface area contributed by atoms with Crippen LogP contribution in [-0.4, -0.2) is 18.7 Å². The van der Waals surface area contributed by atoms with Crippen LogP contribution in [0.2, 0.25) is 0 Å². The van der Waals surface area contributed by atoms with E-state index in [4.69, 9.17) is 0 Å². The predicted octanol–water partition coefficient (Wildman–Crippen LogP) is -0.336. The first-order chi connectivity index (χ1) is 3.31. The normalized spacial score (nSPS) is 7.00. The first kappa shape index (κ1) is 6.36. The summed E-state index contributed by atoms with van der Waals surface area (Å²) >= 11 is 4.39. The van der Waals surface area contributed by atoms with Gasteiger partial charge in [0.1, 0.15) is 0 Å². The topological polar surface area (TPSA) is 38.3 Å². The smallest absolute Gasteiger partial charge is 0.300 e. The standard InChI is InChI=1S/C3H5NO2S/c1-4-3(7)6-2-5/h2H,1H3,(H,4,7). The summed E-state index contributed by atoms with van der Waals surface area (Å²) in [7, 11) is 1.58. The van der Waals surface area contributed by atoms with E-state index >= 15 is 0 Å². The summed E-state index contributed by atoms with van der Waals surface area (Å²) in [6, 6.07) is 0. The number of rotatable bonds is 1. The van der Waals surface area contributed by atoms with E-state index < -0.39 is 0 Å². The molecular formula is C3H5NO2S. The number of carbonyl (C=O) groups excluding carboxylic acids is 1. The van der Waals surface area contributed by atoms with Crippen LogP contribution in [0, 0.1) is 0 Å². The maximum Gasteiger partial charge on any atom is 0.300 e. The molecule has 0 aliphatic carbocycles. The Labute approximate surface area is 46.7 Å². The van der Waals surface area contributed by atoms with Gasteiger partial charge in [-0.15, -0.1) is 0 Å². The zero-order valence-electron chi connectivity index (χ0n) is 3.80. The number of ether oxygens (including phenoxy) is 1. The van der Waals surface area contributed by atoms with Gasteiger partial charge in [-0.25, -0.2) is 0 Å². The van der Waals surface area contributed by atoms with Crippen molar-refractivity contribution in [1.29, 1.82) is 0 Å². The van der Waals surface area contributed by atoms with Gasteiger partial charge in [0.25, 0.3) is 11.6 Å². The lowest BCUT2D eigenvalue weighted by atomic mass is 11.1. The molecular weight excluding hydrogens is 114 g/mol. The average molecular weight is 119 g/mol. The van der Waals surface area contributed by atoms with Crippen LogP contribution in [0.15, 0.2) is 0 Å². The average Bonchev–Trinajstić information content (AvgIpc) is 1.68. The molecule has 0 unspecified atom stereocenters. The number of carbonyl (C=O) groups is 1. The van der Waals surface area contributed by atoms with Crippen molar-refractivity contribution in [3.8, 4) is 0 Å². The van der Waals surface area contributed by atoms with Crippen LogP contribution >= 0.6 is 12.2 Å². The Hall–Kier alpha value is -0.640. The largest absolute Gasteiger partial charge is 0.401 e. The zero-order chi connectivity index (χ0) is 5.70. The van der Waals surface area contributed by atoms with Crippen LogP contribution in [0.3, 0.4) is 0 Å². The molecule has 0 radical (unpaired) electrons. The molecule has 0 fully saturated rings. The van der Waals surface area contributed by atoms with Crippen molar-refractivity contribution in [3.05, 3.63) is 0 Å². The molecule has 3 nitrogen and oxygen atoms in total. The summed E-state index contributed by atoms with van der Waals surface area (Å²) in [6.45, 7) is 0.277. The van der Waals surface area contributed by atoms with E-state index in [9.17, 15) is 4.79 Å². The summed E-state index contributed by atoms with van der Waals surface area (Å²) in [6.07, 6.45) is 0. The van der Waals surface area contributed by atoms with Gasteiger partial charge >= 0.3 is 0 Å². The Morgan fingerprint density at radius 2 is 2.57 bits per heavy atom. The van der Waals surface area contributed by atoms with Gasteiger partial charge < -0.3 is 10.1 Å². The first-order valence-electron chi connectivity index (χ1n) is 1.63. The number of nitrogens with one attached hydrogen (secondary N) is 1. The molecule has 7 heavy (non-hydrogen) atoms. The second kappa shape index (κ2) is 3.55. The van der Waals surface area contributed by atoms with Crippen LogP contribution in [0.25, 0.3) is 0 Å². The van der Waals surface area contributed by atoms with Crippen molar-refractivity contribution < 1.29 is 9.53 Å². The molecule has 1 N–H and O–H groups in total. The highest BCUT2D eigenvalue weighted by atomic mass is 32.1. The van der Waals surface area contributed by atoms with E-state index in [0.717, 1.165) is 0 Å². The molecule has 40 valence electrons. The predicted molar refractivity (Wildman–Crippen MR) is 28.8 cm³/mol. The Morgan fingerprint density at radius 3 is 2.71 bits per heavy atom. The fourth-order valence-electron chi connectivity index (χ4n) is 0.103. The van der Waals surface area contributed by atoms with Crippen LogP contribution in [0.4, 0.5) is 0 Å². The fourth-order valence-corrected chi connectivity index (χ4v) is 0.142. The van der Waals surface area contributed by atoms with Gasteiger partial charge in [0.05, 0.1) is 0 Å². The van der Waals surface area contributed by atoms with Gasteiger partial charge in [0.15, 0.2) is 0 Å². The maximum absolute atomic E-state index is 9.42. The summed E-state index contributed by atoms with van der Waals surface area (Å²) < 4.78 is 4.13. The van der Waals surface area contributed by atoms with Gasteiger partial charge in [0, 0.05) is 7.05 Å². The zero-order valence-corrected chi connectivity index (χ0v) is 4.62. The second-order valence-electron chi connectivity index (χ2n) is 0.752. The number of hydrogen-bond acceptors (Lipinski definition) is 3. The van der Waals surface area contributed by atoms with E-state index in [-0.39, 0.29) is 11.6 Å². The monoisotopic (exact) mass is 119 g/mol. The third-order valence-corrected chi connectivity index (χ3v) is 0.660. The van der Waals surface area contributed by atoms with E-state index in [1.54, 1.807) is 7.05 Å². The molecule has 0 aliphatic rings. The summed E-state index contributed by atoms with van der Waals surface area (Å²) in [5.74, 6) is 0. The highest BCUT2D eigenvalue weighted by Crippen LogP contribution is 1.66. The Morgan fingerprint density at radius 1 is 2.00 bits per heavy atom. The molecule has 4 heteroatoms.